The number of nitro benzene ring substituents is 1. The predicted octanol–water partition coefficient (Wildman–Crippen LogP) is 5.56. The van der Waals surface area contributed by atoms with E-state index < -0.39 is 4.92 Å². The highest BCUT2D eigenvalue weighted by Crippen LogP contribution is 2.38. The minimum Gasteiger partial charge on any atom is -0.490 e. The molecule has 1 aliphatic rings. The molecule has 0 bridgehead atoms. The fourth-order valence-corrected chi connectivity index (χ4v) is 4.94. The van der Waals surface area contributed by atoms with Crippen molar-refractivity contribution in [1.29, 1.82) is 0 Å². The van der Waals surface area contributed by atoms with Gasteiger partial charge in [0, 0.05) is 18.7 Å². The average Bonchev–Trinajstić information content (AvgIpc) is 3.01. The van der Waals surface area contributed by atoms with E-state index in [-0.39, 0.29) is 18.2 Å². The summed E-state index contributed by atoms with van der Waals surface area (Å²) in [6.07, 6.45) is 3.42. The maximum Gasteiger partial charge on any atom is 0.269 e. The summed E-state index contributed by atoms with van der Waals surface area (Å²) in [5.41, 5.74) is 1.62. The Morgan fingerprint density at radius 2 is 2.00 bits per heavy atom. The summed E-state index contributed by atoms with van der Waals surface area (Å²) >= 11 is 8.70. The van der Waals surface area contributed by atoms with Crippen molar-refractivity contribution in [2.75, 3.05) is 13.2 Å². The number of thioether (sulfide) groups is 1. The second kappa shape index (κ2) is 10.9. The summed E-state index contributed by atoms with van der Waals surface area (Å²) in [6.45, 7) is 6.58. The predicted molar refractivity (Wildman–Crippen MR) is 138 cm³/mol. The molecule has 1 saturated heterocycles. The van der Waals surface area contributed by atoms with Crippen molar-refractivity contribution < 1.29 is 19.2 Å². The number of thiocarbonyl (C=S) groups is 1. The first-order chi connectivity index (χ1) is 15.3. The van der Waals surface area contributed by atoms with Gasteiger partial charge in [-0.3, -0.25) is 19.8 Å². The van der Waals surface area contributed by atoms with Crippen LogP contribution in [0.3, 0.4) is 0 Å². The zero-order valence-electron chi connectivity index (χ0n) is 17.1. The summed E-state index contributed by atoms with van der Waals surface area (Å²) in [5, 5.41) is 10.8. The number of rotatable bonds is 9. The van der Waals surface area contributed by atoms with Gasteiger partial charge in [-0.25, -0.2) is 0 Å². The van der Waals surface area contributed by atoms with Gasteiger partial charge in [-0.1, -0.05) is 30.1 Å². The van der Waals surface area contributed by atoms with Crippen molar-refractivity contribution in [2.24, 2.45) is 0 Å². The Morgan fingerprint density at radius 3 is 2.62 bits per heavy atom. The van der Waals surface area contributed by atoms with E-state index in [1.54, 1.807) is 24.3 Å². The van der Waals surface area contributed by atoms with Gasteiger partial charge in [0.05, 0.1) is 20.0 Å². The maximum atomic E-state index is 12.6. The van der Waals surface area contributed by atoms with Crippen LogP contribution in [0.15, 0.2) is 54.0 Å². The van der Waals surface area contributed by atoms with Gasteiger partial charge in [0.15, 0.2) is 11.5 Å². The Labute approximate surface area is 208 Å². The quantitative estimate of drug-likeness (QED) is 0.0956. The number of hydrogen-bond donors (Lipinski definition) is 0. The number of amides is 1. The first kappa shape index (κ1) is 24.2. The smallest absolute Gasteiger partial charge is 0.269 e. The Balaban J connectivity index is 1.83. The maximum absolute atomic E-state index is 12.6. The lowest BCUT2D eigenvalue weighted by molar-refractivity contribution is -0.384. The van der Waals surface area contributed by atoms with E-state index in [9.17, 15) is 14.9 Å². The third kappa shape index (κ3) is 5.67. The number of halogens is 1. The summed E-state index contributed by atoms with van der Waals surface area (Å²) in [7, 11) is 0. The monoisotopic (exact) mass is 582 g/mol. The first-order valence-corrected chi connectivity index (χ1v) is 11.8. The summed E-state index contributed by atoms with van der Waals surface area (Å²) in [6, 6.07) is 9.92. The molecule has 32 heavy (non-hydrogen) atoms. The van der Waals surface area contributed by atoms with E-state index in [0.29, 0.717) is 33.9 Å². The number of benzene rings is 2. The second-order valence-electron chi connectivity index (χ2n) is 6.56. The first-order valence-electron chi connectivity index (χ1n) is 9.52. The van der Waals surface area contributed by atoms with Crippen molar-refractivity contribution >= 4 is 68.6 Å². The molecule has 0 aromatic heterocycles. The number of non-ortho nitro benzene ring substituents is 1. The standard InChI is InChI=1S/C22H19IN2O5S2/c1-3-9-24-21(26)19(32-22(24)31)12-15-10-17(23)20(18(11-15)29-4-2)30-13-14-5-7-16(8-6-14)25(27)28/h3,5-8,10-12H,1,4,9,13H2,2H3/b19-12-. The number of ether oxygens (including phenoxy) is 2. The van der Waals surface area contributed by atoms with Crippen LogP contribution in [0.4, 0.5) is 5.69 Å². The van der Waals surface area contributed by atoms with E-state index in [2.05, 4.69) is 29.2 Å². The number of carbonyl (C=O) groups is 1. The van der Waals surface area contributed by atoms with E-state index in [0.717, 1.165) is 14.7 Å². The van der Waals surface area contributed by atoms with Gasteiger partial charge in [-0.15, -0.1) is 6.58 Å². The lowest BCUT2D eigenvalue weighted by atomic mass is 10.1. The van der Waals surface area contributed by atoms with E-state index in [4.69, 9.17) is 21.7 Å². The van der Waals surface area contributed by atoms with Crippen LogP contribution in [0.2, 0.25) is 0 Å². The largest absolute Gasteiger partial charge is 0.490 e. The molecule has 2 aromatic rings. The fourth-order valence-electron chi connectivity index (χ4n) is 2.88. The minimum atomic E-state index is -0.440. The normalized spacial score (nSPS) is 14.7. The van der Waals surface area contributed by atoms with Crippen LogP contribution in [0, 0.1) is 13.7 Å². The van der Waals surface area contributed by atoms with Crippen molar-refractivity contribution in [3.05, 3.63) is 78.8 Å². The van der Waals surface area contributed by atoms with E-state index in [1.165, 1.54) is 28.8 Å². The summed E-state index contributed by atoms with van der Waals surface area (Å²) < 4.78 is 13.1. The number of carbonyl (C=O) groups excluding carboxylic acids is 1. The van der Waals surface area contributed by atoms with E-state index >= 15 is 0 Å². The molecule has 0 unspecified atom stereocenters. The minimum absolute atomic E-state index is 0.0289. The van der Waals surface area contributed by atoms with Crippen LogP contribution in [-0.2, 0) is 11.4 Å². The highest BCUT2D eigenvalue weighted by molar-refractivity contribution is 14.1. The molecule has 0 spiro atoms. The lowest BCUT2D eigenvalue weighted by Crippen LogP contribution is -2.27. The number of hydrogen-bond acceptors (Lipinski definition) is 7. The van der Waals surface area contributed by atoms with Crippen molar-refractivity contribution in [3.63, 3.8) is 0 Å². The van der Waals surface area contributed by atoms with Crippen LogP contribution in [0.25, 0.3) is 6.08 Å². The number of nitro groups is 1. The molecular weight excluding hydrogens is 563 g/mol. The SMILES string of the molecule is C=CCN1C(=O)/C(=C/c2cc(I)c(OCc3ccc([N+](=O)[O-])cc3)c(OCC)c2)SC1=S. The van der Waals surface area contributed by atoms with Crippen LogP contribution < -0.4 is 9.47 Å². The molecule has 166 valence electrons. The van der Waals surface area contributed by atoms with Gasteiger partial charge in [-0.2, -0.15) is 0 Å². The molecule has 0 N–H and O–H groups in total. The highest BCUT2D eigenvalue weighted by Gasteiger charge is 2.31. The van der Waals surface area contributed by atoms with Crippen LogP contribution in [0.5, 0.6) is 11.5 Å². The molecule has 2 aromatic carbocycles. The van der Waals surface area contributed by atoms with Gasteiger partial charge in [0.25, 0.3) is 11.6 Å². The third-order valence-corrected chi connectivity index (χ3v) is 6.52. The Kier molecular flexibility index (Phi) is 8.26. The van der Waals surface area contributed by atoms with Crippen molar-refractivity contribution in [3.8, 4) is 11.5 Å². The fraction of sp³-hybridized carbons (Fsp3) is 0.182. The molecule has 0 aliphatic carbocycles. The molecule has 0 saturated carbocycles. The molecule has 7 nitrogen and oxygen atoms in total. The zero-order valence-corrected chi connectivity index (χ0v) is 20.9. The molecule has 0 radical (unpaired) electrons. The van der Waals surface area contributed by atoms with Gasteiger partial charge >= 0.3 is 0 Å². The lowest BCUT2D eigenvalue weighted by Gasteiger charge is -2.15. The molecule has 3 rings (SSSR count). The molecule has 1 aliphatic heterocycles. The summed E-state index contributed by atoms with van der Waals surface area (Å²) in [5.74, 6) is 0.975. The van der Waals surface area contributed by atoms with Gasteiger partial charge in [0.2, 0.25) is 0 Å². The van der Waals surface area contributed by atoms with Gasteiger partial charge in [-0.05, 0) is 71.0 Å². The van der Waals surface area contributed by atoms with Crippen LogP contribution in [0.1, 0.15) is 18.1 Å². The van der Waals surface area contributed by atoms with Crippen molar-refractivity contribution in [2.45, 2.75) is 13.5 Å². The van der Waals surface area contributed by atoms with E-state index in [1.807, 2.05) is 19.1 Å². The van der Waals surface area contributed by atoms with Crippen molar-refractivity contribution in [1.82, 2.24) is 4.90 Å². The topological polar surface area (TPSA) is 81.9 Å². The zero-order chi connectivity index (χ0) is 23.3. The number of nitrogens with zero attached hydrogens (tertiary/aromatic N) is 2. The second-order valence-corrected chi connectivity index (χ2v) is 9.39. The molecule has 1 fully saturated rings. The average molecular weight is 582 g/mol. The molecular formula is C22H19IN2O5S2. The van der Waals surface area contributed by atoms with Crippen LogP contribution in [-0.4, -0.2) is 33.2 Å². The van der Waals surface area contributed by atoms with Gasteiger partial charge in [0.1, 0.15) is 10.9 Å². The molecule has 0 atom stereocenters. The molecule has 10 heteroatoms. The Bertz CT molecular complexity index is 1100. The molecule has 1 amide bonds. The Hall–Kier alpha value is -2.44. The van der Waals surface area contributed by atoms with Crippen LogP contribution >= 0.6 is 46.6 Å². The third-order valence-electron chi connectivity index (χ3n) is 4.35. The van der Waals surface area contributed by atoms with Gasteiger partial charge < -0.3 is 9.47 Å². The summed E-state index contributed by atoms with van der Waals surface area (Å²) in [4.78, 5) is 25.0. The highest BCUT2D eigenvalue weighted by atomic mass is 127. The Morgan fingerprint density at radius 1 is 1.28 bits per heavy atom. The molecule has 1 heterocycles.